The van der Waals surface area contributed by atoms with Crippen LogP contribution in [0.5, 0.6) is 0 Å². The fourth-order valence-electron chi connectivity index (χ4n) is 3.60. The minimum Gasteiger partial charge on any atom is -0.337 e. The average molecular weight is 428 g/mol. The zero-order chi connectivity index (χ0) is 21.8. The van der Waals surface area contributed by atoms with Crippen LogP contribution in [0, 0.1) is 19.8 Å². The van der Waals surface area contributed by atoms with Crippen LogP contribution in [0.25, 0.3) is 0 Å². The summed E-state index contributed by atoms with van der Waals surface area (Å²) >= 11 is 6.19. The Kier molecular flexibility index (Phi) is 6.77. The van der Waals surface area contributed by atoms with Gasteiger partial charge in [0.05, 0.1) is 12.5 Å². The Hall–Kier alpha value is -2.86. The summed E-state index contributed by atoms with van der Waals surface area (Å²) in [7, 11) is 1.59. The van der Waals surface area contributed by atoms with E-state index < -0.39 is 5.92 Å². The minimum absolute atomic E-state index is 0.0680. The molecule has 2 aromatic rings. The van der Waals surface area contributed by atoms with Crippen LogP contribution in [-0.4, -0.2) is 47.7 Å². The van der Waals surface area contributed by atoms with Gasteiger partial charge in [0.1, 0.15) is 0 Å². The topological polar surface area (TPSA) is 69.7 Å². The summed E-state index contributed by atoms with van der Waals surface area (Å²) in [6.45, 7) is 4.55. The van der Waals surface area contributed by atoms with E-state index in [4.69, 9.17) is 11.6 Å². The van der Waals surface area contributed by atoms with Crippen LogP contribution in [0.15, 0.2) is 42.5 Å². The number of aryl methyl sites for hydroxylation is 1. The van der Waals surface area contributed by atoms with Crippen molar-refractivity contribution in [2.45, 2.75) is 26.8 Å². The number of rotatable bonds is 6. The summed E-state index contributed by atoms with van der Waals surface area (Å²) in [6.07, 6.45) is 0.145. The van der Waals surface area contributed by atoms with Crippen molar-refractivity contribution in [2.24, 2.45) is 5.92 Å². The van der Waals surface area contributed by atoms with E-state index in [0.717, 1.165) is 22.4 Å². The molecule has 1 saturated heterocycles. The van der Waals surface area contributed by atoms with Crippen LogP contribution in [0.1, 0.15) is 23.1 Å². The fourth-order valence-corrected chi connectivity index (χ4v) is 3.80. The predicted molar refractivity (Wildman–Crippen MR) is 117 cm³/mol. The summed E-state index contributed by atoms with van der Waals surface area (Å²) in [6, 6.07) is 13.0. The molecule has 1 fully saturated rings. The van der Waals surface area contributed by atoms with E-state index in [0.29, 0.717) is 18.1 Å². The second kappa shape index (κ2) is 9.30. The van der Waals surface area contributed by atoms with Crippen molar-refractivity contribution < 1.29 is 14.4 Å². The summed E-state index contributed by atoms with van der Waals surface area (Å²) in [5.41, 5.74) is 3.67. The Morgan fingerprint density at radius 3 is 2.63 bits per heavy atom. The molecule has 1 atom stereocenters. The molecule has 7 heteroatoms. The van der Waals surface area contributed by atoms with Gasteiger partial charge in [-0.3, -0.25) is 14.4 Å². The highest BCUT2D eigenvalue weighted by Gasteiger charge is 2.36. The molecule has 1 N–H and O–H groups in total. The average Bonchev–Trinajstić information content (AvgIpc) is 3.07. The number of carbonyl (C=O) groups excluding carboxylic acids is 3. The third kappa shape index (κ3) is 5.00. The Balaban J connectivity index is 1.57. The maximum absolute atomic E-state index is 12.8. The number of nitrogens with zero attached hydrogens (tertiary/aromatic N) is 2. The molecule has 0 aromatic heterocycles. The third-order valence-corrected chi connectivity index (χ3v) is 5.89. The molecule has 1 heterocycles. The Bertz CT molecular complexity index is 976. The molecule has 30 heavy (non-hydrogen) atoms. The molecule has 2 aromatic carbocycles. The van der Waals surface area contributed by atoms with Crippen molar-refractivity contribution in [3.8, 4) is 0 Å². The highest BCUT2D eigenvalue weighted by atomic mass is 35.5. The molecule has 0 radical (unpaired) electrons. The lowest BCUT2D eigenvalue weighted by atomic mass is 10.1. The Labute approximate surface area is 181 Å². The maximum atomic E-state index is 12.8. The molecule has 0 spiro atoms. The number of hydrogen-bond donors (Lipinski definition) is 1. The lowest BCUT2D eigenvalue weighted by Gasteiger charge is -2.21. The summed E-state index contributed by atoms with van der Waals surface area (Å²) in [5, 5.41) is 3.46. The molecule has 3 rings (SSSR count). The van der Waals surface area contributed by atoms with E-state index in [9.17, 15) is 14.4 Å². The van der Waals surface area contributed by atoms with Crippen molar-refractivity contribution in [1.82, 2.24) is 9.80 Å². The fraction of sp³-hybridized carbons (Fsp3) is 0.348. The first-order valence-electron chi connectivity index (χ1n) is 9.88. The number of nitrogens with one attached hydrogen (secondary N) is 1. The van der Waals surface area contributed by atoms with Gasteiger partial charge in [0.25, 0.3) is 0 Å². The number of benzene rings is 2. The van der Waals surface area contributed by atoms with Crippen LogP contribution < -0.4 is 5.32 Å². The minimum atomic E-state index is -0.460. The molecule has 6 nitrogen and oxygen atoms in total. The largest absolute Gasteiger partial charge is 0.337 e. The molecule has 158 valence electrons. The molecule has 1 aliphatic heterocycles. The van der Waals surface area contributed by atoms with Gasteiger partial charge in [-0.15, -0.1) is 0 Å². The van der Waals surface area contributed by atoms with Gasteiger partial charge in [-0.1, -0.05) is 41.9 Å². The van der Waals surface area contributed by atoms with Gasteiger partial charge in [-0.05, 0) is 42.7 Å². The second-order valence-corrected chi connectivity index (χ2v) is 8.16. The molecule has 0 aliphatic carbocycles. The van der Waals surface area contributed by atoms with Crippen molar-refractivity contribution in [2.75, 3.05) is 25.5 Å². The van der Waals surface area contributed by atoms with Gasteiger partial charge in [0.2, 0.25) is 17.7 Å². The summed E-state index contributed by atoms with van der Waals surface area (Å²) < 4.78 is 0. The van der Waals surface area contributed by atoms with Crippen LogP contribution >= 0.6 is 11.6 Å². The van der Waals surface area contributed by atoms with Crippen LogP contribution in [0.3, 0.4) is 0 Å². The monoisotopic (exact) mass is 427 g/mol. The molecular weight excluding hydrogens is 402 g/mol. The number of likely N-dealkylation sites (tertiary alicyclic amines) is 1. The van der Waals surface area contributed by atoms with Gasteiger partial charge in [0, 0.05) is 37.3 Å². The molecule has 1 unspecified atom stereocenters. The first-order valence-corrected chi connectivity index (χ1v) is 10.3. The number of hydrogen-bond acceptors (Lipinski definition) is 3. The van der Waals surface area contributed by atoms with Crippen LogP contribution in [0.2, 0.25) is 5.02 Å². The van der Waals surface area contributed by atoms with E-state index in [-0.39, 0.29) is 30.7 Å². The van der Waals surface area contributed by atoms with E-state index >= 15 is 0 Å². The number of likely N-dealkylation sites (N-methyl/N-ethyl adjacent to an activating group) is 1. The number of anilines is 1. The van der Waals surface area contributed by atoms with Gasteiger partial charge in [-0.2, -0.15) is 0 Å². The number of carbonyl (C=O) groups is 3. The van der Waals surface area contributed by atoms with E-state index in [1.807, 2.05) is 50.2 Å². The smallest absolute Gasteiger partial charge is 0.243 e. The summed E-state index contributed by atoms with van der Waals surface area (Å²) in [4.78, 5) is 40.6. The molecule has 1 aliphatic rings. The lowest BCUT2D eigenvalue weighted by molar-refractivity contribution is -0.137. The predicted octanol–water partition coefficient (Wildman–Crippen LogP) is 3.40. The van der Waals surface area contributed by atoms with Crippen molar-refractivity contribution in [3.63, 3.8) is 0 Å². The Morgan fingerprint density at radius 2 is 1.90 bits per heavy atom. The zero-order valence-corrected chi connectivity index (χ0v) is 18.2. The maximum Gasteiger partial charge on any atom is 0.243 e. The number of amides is 3. The van der Waals surface area contributed by atoms with Crippen molar-refractivity contribution >= 4 is 35.0 Å². The van der Waals surface area contributed by atoms with Gasteiger partial charge in [0.15, 0.2) is 0 Å². The summed E-state index contributed by atoms with van der Waals surface area (Å²) in [5.74, 6) is -1.02. The Morgan fingerprint density at radius 1 is 1.17 bits per heavy atom. The lowest BCUT2D eigenvalue weighted by Crippen LogP contribution is -2.39. The van der Waals surface area contributed by atoms with Crippen molar-refractivity contribution in [1.29, 1.82) is 0 Å². The van der Waals surface area contributed by atoms with E-state index in [2.05, 4.69) is 5.32 Å². The molecule has 0 saturated carbocycles. The standard InChI is InChI=1S/C23H26ClN3O3/c1-15-7-6-10-20(16(15)2)25-21(28)14-26(3)23(30)18-11-22(29)27(13-18)12-17-8-4-5-9-19(17)24/h4-10,18H,11-14H2,1-3H3,(H,25,28). The molecule has 3 amide bonds. The number of halogens is 1. The first-order chi connectivity index (χ1) is 14.3. The SMILES string of the molecule is Cc1cccc(NC(=O)CN(C)C(=O)C2CC(=O)N(Cc3ccccc3Cl)C2)c1C. The van der Waals surface area contributed by atoms with E-state index in [1.165, 1.54) is 4.90 Å². The van der Waals surface area contributed by atoms with Gasteiger partial charge >= 0.3 is 0 Å². The highest BCUT2D eigenvalue weighted by molar-refractivity contribution is 6.31. The zero-order valence-electron chi connectivity index (χ0n) is 17.4. The highest BCUT2D eigenvalue weighted by Crippen LogP contribution is 2.25. The van der Waals surface area contributed by atoms with Gasteiger partial charge in [-0.25, -0.2) is 0 Å². The molecular formula is C23H26ClN3O3. The van der Waals surface area contributed by atoms with Gasteiger partial charge < -0.3 is 15.1 Å². The van der Waals surface area contributed by atoms with Crippen LogP contribution in [0.4, 0.5) is 5.69 Å². The van der Waals surface area contributed by atoms with Crippen molar-refractivity contribution in [3.05, 3.63) is 64.2 Å². The van der Waals surface area contributed by atoms with E-state index in [1.54, 1.807) is 18.0 Å². The van der Waals surface area contributed by atoms with Crippen LogP contribution in [-0.2, 0) is 20.9 Å². The molecule has 0 bridgehead atoms. The normalized spacial score (nSPS) is 15.9. The first kappa shape index (κ1) is 21.8. The quantitative estimate of drug-likeness (QED) is 0.768. The third-order valence-electron chi connectivity index (χ3n) is 5.52. The second-order valence-electron chi connectivity index (χ2n) is 7.76.